The number of ether oxygens (including phenoxy) is 2. The Morgan fingerprint density at radius 3 is 2.38 bits per heavy atom. The maximum atomic E-state index is 13.0. The molecule has 6 heteroatoms. The number of likely N-dealkylation sites (tertiary alicyclic amines) is 1. The van der Waals surface area contributed by atoms with Crippen LogP contribution in [-0.4, -0.2) is 41.5 Å². The van der Waals surface area contributed by atoms with Crippen LogP contribution in [-0.2, 0) is 9.59 Å². The standard InChI is InChI=1S/C26H31NO5/c1-6-7-14-27-23(18-8-11-20(12-9-18)32-16(2)3)22(25(29)26(27)30)24(28)19-10-13-21(31-5)17(4)15-19/h8-13,15-16,23,28H,6-7,14H2,1-5H3/b24-22-. The number of aliphatic hydroxyl groups excluding tert-OH is 1. The van der Waals surface area contributed by atoms with Crippen LogP contribution in [0.4, 0.5) is 0 Å². The minimum absolute atomic E-state index is 0.0364. The van der Waals surface area contributed by atoms with Crippen LogP contribution >= 0.6 is 0 Å². The second-order valence-electron chi connectivity index (χ2n) is 8.27. The summed E-state index contributed by atoms with van der Waals surface area (Å²) in [5.41, 5.74) is 2.15. The number of amides is 1. The normalized spacial score (nSPS) is 17.8. The molecule has 1 heterocycles. The summed E-state index contributed by atoms with van der Waals surface area (Å²) in [4.78, 5) is 27.5. The third-order valence-corrected chi connectivity index (χ3v) is 5.53. The Kier molecular flexibility index (Phi) is 7.23. The van der Waals surface area contributed by atoms with Gasteiger partial charge in [-0.05, 0) is 68.7 Å². The van der Waals surface area contributed by atoms with E-state index in [2.05, 4.69) is 0 Å². The summed E-state index contributed by atoms with van der Waals surface area (Å²) >= 11 is 0. The Bertz CT molecular complexity index is 1020. The monoisotopic (exact) mass is 437 g/mol. The number of nitrogens with zero attached hydrogens (tertiary/aromatic N) is 1. The van der Waals surface area contributed by atoms with Crippen LogP contribution in [0.1, 0.15) is 56.3 Å². The van der Waals surface area contributed by atoms with Gasteiger partial charge in [0.25, 0.3) is 11.7 Å². The molecule has 3 rings (SSSR count). The Labute approximate surface area is 189 Å². The number of rotatable bonds is 8. The molecule has 2 aromatic carbocycles. The lowest BCUT2D eigenvalue weighted by molar-refractivity contribution is -0.139. The first-order chi connectivity index (χ1) is 15.3. The van der Waals surface area contributed by atoms with E-state index in [1.165, 1.54) is 0 Å². The topological polar surface area (TPSA) is 76.1 Å². The molecule has 0 spiro atoms. The Hall–Kier alpha value is -3.28. The zero-order valence-corrected chi connectivity index (χ0v) is 19.3. The molecule has 0 saturated carbocycles. The molecular formula is C26H31NO5. The van der Waals surface area contributed by atoms with Crippen LogP contribution in [0.25, 0.3) is 5.76 Å². The molecule has 1 saturated heterocycles. The van der Waals surface area contributed by atoms with E-state index in [0.717, 1.165) is 24.0 Å². The molecule has 1 fully saturated rings. The fraction of sp³-hybridized carbons (Fsp3) is 0.385. The molecule has 0 radical (unpaired) electrons. The predicted molar refractivity (Wildman–Crippen MR) is 124 cm³/mol. The van der Waals surface area contributed by atoms with E-state index in [4.69, 9.17) is 9.47 Å². The number of ketones is 1. The summed E-state index contributed by atoms with van der Waals surface area (Å²) < 4.78 is 11.0. The highest BCUT2D eigenvalue weighted by atomic mass is 16.5. The van der Waals surface area contributed by atoms with Crippen LogP contribution in [0.15, 0.2) is 48.0 Å². The first-order valence-electron chi connectivity index (χ1n) is 11.0. The third-order valence-electron chi connectivity index (χ3n) is 5.53. The van der Waals surface area contributed by atoms with E-state index in [1.54, 1.807) is 30.2 Å². The SMILES string of the molecule is CCCCN1C(=O)C(=O)/C(=C(\O)c2ccc(OC)c(C)c2)C1c1ccc(OC(C)C)cc1. The molecule has 1 amide bonds. The Balaban J connectivity index is 2.11. The number of carbonyl (C=O) groups is 2. The fourth-order valence-corrected chi connectivity index (χ4v) is 3.97. The summed E-state index contributed by atoms with van der Waals surface area (Å²) in [7, 11) is 1.58. The lowest BCUT2D eigenvalue weighted by Gasteiger charge is -2.25. The van der Waals surface area contributed by atoms with Crippen LogP contribution in [0, 0.1) is 6.92 Å². The van der Waals surface area contributed by atoms with Crippen LogP contribution in [0.5, 0.6) is 11.5 Å². The molecule has 170 valence electrons. The molecule has 0 aromatic heterocycles. The van der Waals surface area contributed by atoms with Crippen molar-refractivity contribution in [1.29, 1.82) is 0 Å². The first-order valence-corrected chi connectivity index (χ1v) is 11.0. The van der Waals surface area contributed by atoms with Crippen molar-refractivity contribution in [1.82, 2.24) is 4.90 Å². The molecule has 1 unspecified atom stereocenters. The number of aliphatic hydroxyl groups is 1. The van der Waals surface area contributed by atoms with Crippen molar-refractivity contribution < 1.29 is 24.2 Å². The largest absolute Gasteiger partial charge is 0.507 e. The number of Topliss-reactive ketones (excluding diaryl/α,β-unsaturated/α-hetero) is 1. The van der Waals surface area contributed by atoms with E-state index < -0.39 is 17.7 Å². The average Bonchev–Trinajstić information content (AvgIpc) is 3.02. The zero-order valence-electron chi connectivity index (χ0n) is 19.3. The van der Waals surface area contributed by atoms with Gasteiger partial charge in [-0.2, -0.15) is 0 Å². The van der Waals surface area contributed by atoms with Gasteiger partial charge in [0.2, 0.25) is 0 Å². The van der Waals surface area contributed by atoms with Crippen molar-refractivity contribution in [2.45, 2.75) is 52.7 Å². The van der Waals surface area contributed by atoms with Crippen molar-refractivity contribution in [3.05, 3.63) is 64.7 Å². The second-order valence-corrected chi connectivity index (χ2v) is 8.27. The number of methoxy groups -OCH3 is 1. The highest BCUT2D eigenvalue weighted by Gasteiger charge is 2.45. The molecule has 1 atom stereocenters. The van der Waals surface area contributed by atoms with E-state index in [1.807, 2.05) is 52.0 Å². The summed E-state index contributed by atoms with van der Waals surface area (Å²) in [5, 5.41) is 11.2. The van der Waals surface area contributed by atoms with Crippen LogP contribution in [0.2, 0.25) is 0 Å². The van der Waals surface area contributed by atoms with Crippen molar-refractivity contribution in [2.75, 3.05) is 13.7 Å². The molecule has 6 nitrogen and oxygen atoms in total. The summed E-state index contributed by atoms with van der Waals surface area (Å²) in [5.74, 6) is -0.0415. The number of carbonyl (C=O) groups excluding carboxylic acids is 2. The zero-order chi connectivity index (χ0) is 23.4. The van der Waals surface area contributed by atoms with E-state index in [-0.39, 0.29) is 17.4 Å². The van der Waals surface area contributed by atoms with Crippen LogP contribution in [0.3, 0.4) is 0 Å². The number of hydrogen-bond donors (Lipinski definition) is 1. The van der Waals surface area contributed by atoms with Gasteiger partial charge >= 0.3 is 0 Å². The van der Waals surface area contributed by atoms with Gasteiger partial charge in [0, 0.05) is 12.1 Å². The number of unbranched alkanes of at least 4 members (excludes halogenated alkanes) is 1. The van der Waals surface area contributed by atoms with Gasteiger partial charge in [-0.1, -0.05) is 25.5 Å². The highest BCUT2D eigenvalue weighted by Crippen LogP contribution is 2.40. The van der Waals surface area contributed by atoms with Crippen molar-refractivity contribution in [3.8, 4) is 11.5 Å². The molecule has 1 aliphatic rings. The summed E-state index contributed by atoms with van der Waals surface area (Å²) in [6.07, 6.45) is 1.68. The smallest absolute Gasteiger partial charge is 0.295 e. The summed E-state index contributed by atoms with van der Waals surface area (Å²) in [6.45, 7) is 8.23. The Morgan fingerprint density at radius 2 is 1.81 bits per heavy atom. The maximum absolute atomic E-state index is 13.0. The van der Waals surface area contributed by atoms with Crippen molar-refractivity contribution in [2.24, 2.45) is 0 Å². The minimum atomic E-state index is -0.667. The maximum Gasteiger partial charge on any atom is 0.295 e. The van der Waals surface area contributed by atoms with Gasteiger partial charge in [0.1, 0.15) is 17.3 Å². The minimum Gasteiger partial charge on any atom is -0.507 e. The van der Waals surface area contributed by atoms with Gasteiger partial charge in [-0.25, -0.2) is 0 Å². The van der Waals surface area contributed by atoms with Gasteiger partial charge < -0.3 is 19.5 Å². The predicted octanol–water partition coefficient (Wildman–Crippen LogP) is 5.01. The second kappa shape index (κ2) is 9.90. The average molecular weight is 438 g/mol. The van der Waals surface area contributed by atoms with Gasteiger partial charge in [-0.3, -0.25) is 9.59 Å². The Morgan fingerprint density at radius 1 is 1.12 bits per heavy atom. The van der Waals surface area contributed by atoms with E-state index in [9.17, 15) is 14.7 Å². The molecule has 2 aromatic rings. The number of hydrogen-bond acceptors (Lipinski definition) is 5. The third kappa shape index (κ3) is 4.64. The van der Waals surface area contributed by atoms with Crippen LogP contribution < -0.4 is 9.47 Å². The quantitative estimate of drug-likeness (QED) is 0.357. The van der Waals surface area contributed by atoms with Gasteiger partial charge in [-0.15, -0.1) is 0 Å². The molecule has 1 N–H and O–H groups in total. The lowest BCUT2D eigenvalue weighted by atomic mass is 9.94. The molecule has 32 heavy (non-hydrogen) atoms. The van der Waals surface area contributed by atoms with Gasteiger partial charge in [0.05, 0.1) is 24.8 Å². The lowest BCUT2D eigenvalue weighted by Crippen LogP contribution is -2.30. The van der Waals surface area contributed by atoms with E-state index >= 15 is 0 Å². The van der Waals surface area contributed by atoms with E-state index in [0.29, 0.717) is 23.6 Å². The molecule has 1 aliphatic heterocycles. The first kappa shape index (κ1) is 23.4. The summed E-state index contributed by atoms with van der Waals surface area (Å²) in [6, 6.07) is 11.9. The molecule has 0 aliphatic carbocycles. The molecular weight excluding hydrogens is 406 g/mol. The fourth-order valence-electron chi connectivity index (χ4n) is 3.97. The number of benzene rings is 2. The highest BCUT2D eigenvalue weighted by molar-refractivity contribution is 6.46. The van der Waals surface area contributed by atoms with Crippen molar-refractivity contribution in [3.63, 3.8) is 0 Å². The number of aryl methyl sites for hydroxylation is 1. The van der Waals surface area contributed by atoms with Gasteiger partial charge in [0.15, 0.2) is 0 Å². The molecule has 0 bridgehead atoms. The van der Waals surface area contributed by atoms with Crippen molar-refractivity contribution >= 4 is 17.4 Å².